The topological polar surface area (TPSA) is 83.7 Å². The predicted molar refractivity (Wildman–Crippen MR) is 81.6 cm³/mol. The molecular formula is C16H20N2O4. The number of furan rings is 1. The summed E-state index contributed by atoms with van der Waals surface area (Å²) in [4.78, 5) is 11.7. The predicted octanol–water partition coefficient (Wildman–Crippen LogP) is 2.13. The van der Waals surface area contributed by atoms with E-state index < -0.39 is 6.10 Å². The number of carbonyl (C=O) groups excluding carboxylic acids is 1. The number of hydrogen-bond acceptors (Lipinski definition) is 4. The number of nitrogens with one attached hydrogen (secondary N) is 2. The molecule has 1 atom stereocenters. The molecule has 0 aliphatic heterocycles. The van der Waals surface area contributed by atoms with Crippen molar-refractivity contribution in [2.24, 2.45) is 0 Å². The molecule has 2 amide bonds. The van der Waals surface area contributed by atoms with E-state index in [2.05, 4.69) is 10.6 Å². The Morgan fingerprint density at radius 1 is 1.36 bits per heavy atom. The second kappa shape index (κ2) is 7.51. The fraction of sp³-hybridized carbons (Fsp3) is 0.312. The Morgan fingerprint density at radius 2 is 2.18 bits per heavy atom. The molecule has 0 aliphatic rings. The minimum absolute atomic E-state index is 0.0843. The summed E-state index contributed by atoms with van der Waals surface area (Å²) in [6, 6.07) is 8.71. The third kappa shape index (κ3) is 4.26. The number of carbonyl (C=O) groups is 1. The fourth-order valence-electron chi connectivity index (χ4n) is 2.07. The first kappa shape index (κ1) is 15.9. The minimum Gasteiger partial charge on any atom is -0.496 e. The Bertz CT molecular complexity index is 611. The lowest BCUT2D eigenvalue weighted by molar-refractivity contribution is 0.148. The summed E-state index contributed by atoms with van der Waals surface area (Å²) in [7, 11) is 1.62. The first-order chi connectivity index (χ1) is 10.6. The maximum absolute atomic E-state index is 11.7. The first-order valence-corrected chi connectivity index (χ1v) is 6.97. The fourth-order valence-corrected chi connectivity index (χ4v) is 2.07. The zero-order valence-electron chi connectivity index (χ0n) is 12.6. The summed E-state index contributed by atoms with van der Waals surface area (Å²) in [6.07, 6.45) is 0.619. The quantitative estimate of drug-likeness (QED) is 0.763. The average molecular weight is 304 g/mol. The van der Waals surface area contributed by atoms with Gasteiger partial charge in [-0.05, 0) is 36.2 Å². The van der Waals surface area contributed by atoms with Crippen molar-refractivity contribution in [2.75, 3.05) is 13.7 Å². The molecule has 1 unspecified atom stereocenters. The molecule has 22 heavy (non-hydrogen) atoms. The van der Waals surface area contributed by atoms with E-state index in [4.69, 9.17) is 9.15 Å². The van der Waals surface area contributed by atoms with E-state index in [9.17, 15) is 9.90 Å². The Balaban J connectivity index is 1.77. The number of amides is 2. The van der Waals surface area contributed by atoms with Gasteiger partial charge in [0.05, 0.1) is 19.9 Å². The van der Waals surface area contributed by atoms with E-state index in [-0.39, 0.29) is 12.6 Å². The molecule has 0 saturated carbocycles. The van der Waals surface area contributed by atoms with Gasteiger partial charge < -0.3 is 24.9 Å². The van der Waals surface area contributed by atoms with E-state index in [1.807, 2.05) is 25.1 Å². The number of aliphatic hydroxyl groups is 1. The largest absolute Gasteiger partial charge is 0.496 e. The third-order valence-corrected chi connectivity index (χ3v) is 3.24. The van der Waals surface area contributed by atoms with Gasteiger partial charge in [-0.3, -0.25) is 0 Å². The molecule has 0 aliphatic carbocycles. The molecule has 0 fully saturated rings. The van der Waals surface area contributed by atoms with E-state index in [1.54, 1.807) is 19.2 Å². The van der Waals surface area contributed by atoms with Crippen LogP contribution in [-0.4, -0.2) is 24.8 Å². The molecule has 0 saturated heterocycles. The van der Waals surface area contributed by atoms with Crippen molar-refractivity contribution in [3.63, 3.8) is 0 Å². The van der Waals surface area contributed by atoms with E-state index in [0.717, 1.165) is 16.9 Å². The Morgan fingerprint density at radius 3 is 2.82 bits per heavy atom. The molecule has 6 heteroatoms. The highest BCUT2D eigenvalue weighted by Gasteiger charge is 2.11. The monoisotopic (exact) mass is 304 g/mol. The van der Waals surface area contributed by atoms with Crippen molar-refractivity contribution in [1.29, 1.82) is 0 Å². The Kier molecular flexibility index (Phi) is 5.43. The van der Waals surface area contributed by atoms with Crippen LogP contribution in [0, 0.1) is 6.92 Å². The summed E-state index contributed by atoms with van der Waals surface area (Å²) in [6.45, 7) is 2.43. The number of urea groups is 1. The van der Waals surface area contributed by atoms with Gasteiger partial charge in [0.25, 0.3) is 0 Å². The molecule has 3 N–H and O–H groups in total. The minimum atomic E-state index is -0.857. The maximum atomic E-state index is 11.7. The van der Waals surface area contributed by atoms with E-state index >= 15 is 0 Å². The van der Waals surface area contributed by atoms with Crippen molar-refractivity contribution in [1.82, 2.24) is 10.6 Å². The van der Waals surface area contributed by atoms with Crippen LogP contribution in [0.3, 0.4) is 0 Å². The number of hydrogen-bond donors (Lipinski definition) is 3. The zero-order chi connectivity index (χ0) is 15.9. The summed E-state index contributed by atoms with van der Waals surface area (Å²) >= 11 is 0. The molecule has 1 aromatic carbocycles. The first-order valence-electron chi connectivity index (χ1n) is 6.97. The lowest BCUT2D eigenvalue weighted by Gasteiger charge is -2.11. The van der Waals surface area contributed by atoms with E-state index in [0.29, 0.717) is 12.3 Å². The van der Waals surface area contributed by atoms with Crippen molar-refractivity contribution >= 4 is 6.03 Å². The standard InChI is InChI=1S/C16H20N2O4/c1-11-8-12(5-6-14(11)21-2)9-17-16(20)18-10-13(19)15-4-3-7-22-15/h3-8,13,19H,9-10H2,1-2H3,(H2,17,18,20). The van der Waals surface area contributed by atoms with Crippen molar-refractivity contribution in [2.45, 2.75) is 19.6 Å². The van der Waals surface area contributed by atoms with Gasteiger partial charge in [-0.1, -0.05) is 12.1 Å². The number of benzene rings is 1. The van der Waals surface area contributed by atoms with Crippen molar-refractivity contribution in [3.8, 4) is 5.75 Å². The van der Waals surface area contributed by atoms with Gasteiger partial charge in [-0.15, -0.1) is 0 Å². The van der Waals surface area contributed by atoms with Gasteiger partial charge in [-0.2, -0.15) is 0 Å². The van der Waals surface area contributed by atoms with Crippen molar-refractivity contribution < 1.29 is 19.1 Å². The second-order valence-electron chi connectivity index (χ2n) is 4.90. The average Bonchev–Trinajstić information content (AvgIpc) is 3.05. The number of aliphatic hydroxyl groups excluding tert-OH is 1. The molecule has 0 radical (unpaired) electrons. The zero-order valence-corrected chi connectivity index (χ0v) is 12.6. The van der Waals surface area contributed by atoms with Gasteiger partial charge in [0.2, 0.25) is 0 Å². The molecule has 0 bridgehead atoms. The highest BCUT2D eigenvalue weighted by atomic mass is 16.5. The summed E-state index contributed by atoms with van der Waals surface area (Å²) < 4.78 is 10.2. The molecule has 118 valence electrons. The molecule has 1 aromatic heterocycles. The van der Waals surface area contributed by atoms with Gasteiger partial charge in [0.1, 0.15) is 17.6 Å². The number of methoxy groups -OCH3 is 1. The Hall–Kier alpha value is -2.47. The lowest BCUT2D eigenvalue weighted by Crippen LogP contribution is -2.37. The molecule has 2 aromatic rings. The highest BCUT2D eigenvalue weighted by molar-refractivity contribution is 5.73. The maximum Gasteiger partial charge on any atom is 0.315 e. The molecule has 1 heterocycles. The lowest BCUT2D eigenvalue weighted by atomic mass is 10.1. The third-order valence-electron chi connectivity index (χ3n) is 3.24. The van der Waals surface area contributed by atoms with Crippen molar-refractivity contribution in [3.05, 3.63) is 53.5 Å². The van der Waals surface area contributed by atoms with Gasteiger partial charge >= 0.3 is 6.03 Å². The number of rotatable bonds is 6. The Labute approximate surface area is 129 Å². The molecule has 2 rings (SSSR count). The van der Waals surface area contributed by atoms with Crippen LogP contribution in [0.15, 0.2) is 41.0 Å². The number of ether oxygens (including phenoxy) is 1. The van der Waals surface area contributed by atoms with Gasteiger partial charge in [0.15, 0.2) is 0 Å². The molecule has 6 nitrogen and oxygen atoms in total. The van der Waals surface area contributed by atoms with E-state index in [1.165, 1.54) is 6.26 Å². The molecular weight excluding hydrogens is 284 g/mol. The number of aryl methyl sites for hydroxylation is 1. The van der Waals surface area contributed by atoms with Crippen LogP contribution in [0.4, 0.5) is 4.79 Å². The van der Waals surface area contributed by atoms with Gasteiger partial charge in [-0.25, -0.2) is 4.79 Å². The van der Waals surface area contributed by atoms with Crippen LogP contribution in [0.5, 0.6) is 5.75 Å². The van der Waals surface area contributed by atoms with Crippen LogP contribution in [0.25, 0.3) is 0 Å². The van der Waals surface area contributed by atoms with Crippen LogP contribution in [-0.2, 0) is 6.54 Å². The highest BCUT2D eigenvalue weighted by Crippen LogP contribution is 2.18. The smallest absolute Gasteiger partial charge is 0.315 e. The summed E-state index contributed by atoms with van der Waals surface area (Å²) in [5.41, 5.74) is 1.98. The van der Waals surface area contributed by atoms with Crippen LogP contribution < -0.4 is 15.4 Å². The van der Waals surface area contributed by atoms with Crippen LogP contribution in [0.2, 0.25) is 0 Å². The molecule has 0 spiro atoms. The van der Waals surface area contributed by atoms with Crippen LogP contribution >= 0.6 is 0 Å². The summed E-state index contributed by atoms with van der Waals surface area (Å²) in [5, 5.41) is 15.1. The summed E-state index contributed by atoms with van der Waals surface area (Å²) in [5.74, 6) is 1.24. The van der Waals surface area contributed by atoms with Crippen LogP contribution in [0.1, 0.15) is 23.0 Å². The van der Waals surface area contributed by atoms with Gasteiger partial charge in [0, 0.05) is 6.54 Å². The normalized spacial score (nSPS) is 11.8. The SMILES string of the molecule is COc1ccc(CNC(=O)NCC(O)c2ccco2)cc1C. The second-order valence-corrected chi connectivity index (χ2v) is 4.90.